The van der Waals surface area contributed by atoms with Gasteiger partial charge in [-0.3, -0.25) is 4.79 Å². The van der Waals surface area contributed by atoms with Crippen LogP contribution >= 0.6 is 0 Å². The van der Waals surface area contributed by atoms with E-state index in [-0.39, 0.29) is 16.4 Å². The van der Waals surface area contributed by atoms with E-state index in [4.69, 9.17) is 5.14 Å². The van der Waals surface area contributed by atoms with Crippen LogP contribution in [0.5, 0.6) is 0 Å². The van der Waals surface area contributed by atoms with Gasteiger partial charge in [-0.25, -0.2) is 13.6 Å². The number of nitrogens with two attached hydrogens (primary N) is 1. The Morgan fingerprint density at radius 2 is 2.00 bits per heavy atom. The fourth-order valence-corrected chi connectivity index (χ4v) is 2.02. The lowest BCUT2D eigenvalue weighted by molar-refractivity contribution is 0.0956. The highest BCUT2D eigenvalue weighted by atomic mass is 32.2. The molecule has 0 aliphatic heterocycles. The Bertz CT molecular complexity index is 591. The monoisotopic (exact) mass is 268 g/mol. The topological polar surface area (TPSA) is 89.3 Å². The molecule has 98 valence electrons. The molecule has 0 bridgehead atoms. The number of primary sulfonamides is 1. The summed E-state index contributed by atoms with van der Waals surface area (Å²) < 4.78 is 22.5. The molecule has 0 fully saturated rings. The Balaban J connectivity index is 3.07. The summed E-state index contributed by atoms with van der Waals surface area (Å²) in [5.41, 5.74) is 1.73. The number of benzene rings is 1. The van der Waals surface area contributed by atoms with Crippen LogP contribution in [0.3, 0.4) is 0 Å². The average Bonchev–Trinajstić information content (AvgIpc) is 2.23. The van der Waals surface area contributed by atoms with Crippen LogP contribution < -0.4 is 10.5 Å². The molecule has 0 heterocycles. The van der Waals surface area contributed by atoms with Crippen molar-refractivity contribution in [3.05, 3.63) is 41.5 Å². The van der Waals surface area contributed by atoms with Gasteiger partial charge in [-0.05, 0) is 37.6 Å². The molecule has 0 aliphatic rings. The Labute approximate surface area is 107 Å². The lowest BCUT2D eigenvalue weighted by atomic mass is 10.1. The number of rotatable bonds is 4. The molecule has 0 spiro atoms. The third kappa shape index (κ3) is 3.97. The lowest BCUT2D eigenvalue weighted by Crippen LogP contribution is -2.25. The minimum Gasteiger partial charge on any atom is -0.348 e. The molecule has 0 unspecified atom stereocenters. The van der Waals surface area contributed by atoms with Crippen LogP contribution in [0, 0.1) is 6.92 Å². The van der Waals surface area contributed by atoms with Crippen molar-refractivity contribution in [2.75, 3.05) is 6.54 Å². The summed E-state index contributed by atoms with van der Waals surface area (Å²) in [4.78, 5) is 11.7. The van der Waals surface area contributed by atoms with Crippen LogP contribution in [0.25, 0.3) is 0 Å². The van der Waals surface area contributed by atoms with Gasteiger partial charge in [-0.1, -0.05) is 12.2 Å². The van der Waals surface area contributed by atoms with Crippen molar-refractivity contribution in [3.63, 3.8) is 0 Å². The zero-order chi connectivity index (χ0) is 13.9. The van der Waals surface area contributed by atoms with Crippen LogP contribution in [-0.4, -0.2) is 20.9 Å². The fraction of sp³-hybridized carbons (Fsp3) is 0.250. The number of carbonyl (C=O) groups is 1. The molecule has 0 radical (unpaired) electrons. The first-order valence-electron chi connectivity index (χ1n) is 5.27. The van der Waals surface area contributed by atoms with E-state index in [1.165, 1.54) is 12.1 Å². The molecule has 0 atom stereocenters. The third-order valence-electron chi connectivity index (χ3n) is 2.19. The quantitative estimate of drug-likeness (QED) is 0.797. The molecule has 0 aliphatic carbocycles. The first kappa shape index (κ1) is 14.4. The van der Waals surface area contributed by atoms with Gasteiger partial charge < -0.3 is 5.32 Å². The first-order valence-corrected chi connectivity index (χ1v) is 6.82. The molecule has 3 N–H and O–H groups in total. The number of hydrogen-bond acceptors (Lipinski definition) is 3. The second kappa shape index (κ2) is 5.32. The van der Waals surface area contributed by atoms with Gasteiger partial charge in [0.2, 0.25) is 10.0 Å². The third-order valence-corrected chi connectivity index (χ3v) is 3.09. The average molecular weight is 268 g/mol. The van der Waals surface area contributed by atoms with E-state index in [1.807, 2.05) is 0 Å². The zero-order valence-electron chi connectivity index (χ0n) is 10.4. The summed E-state index contributed by atoms with van der Waals surface area (Å²) in [6.07, 6.45) is 0. The normalized spacial score (nSPS) is 11.1. The summed E-state index contributed by atoms with van der Waals surface area (Å²) in [5, 5.41) is 7.67. The van der Waals surface area contributed by atoms with Crippen molar-refractivity contribution in [3.8, 4) is 0 Å². The van der Waals surface area contributed by atoms with Gasteiger partial charge in [0.05, 0.1) is 4.90 Å². The van der Waals surface area contributed by atoms with Crippen LogP contribution in [0.4, 0.5) is 0 Å². The molecule has 0 saturated heterocycles. The van der Waals surface area contributed by atoms with Gasteiger partial charge in [0, 0.05) is 12.1 Å². The molecular formula is C12H16N2O3S. The molecule has 5 nitrogen and oxygen atoms in total. The maximum absolute atomic E-state index is 11.8. The summed E-state index contributed by atoms with van der Waals surface area (Å²) in [6.45, 7) is 7.49. The Morgan fingerprint density at radius 1 is 1.39 bits per heavy atom. The van der Waals surface area contributed by atoms with Crippen LogP contribution in [0.15, 0.2) is 35.2 Å². The van der Waals surface area contributed by atoms with Crippen molar-refractivity contribution in [2.24, 2.45) is 5.14 Å². The largest absolute Gasteiger partial charge is 0.348 e. The number of carbonyl (C=O) groups excluding carboxylic acids is 1. The number of aryl methyl sites for hydroxylation is 1. The summed E-state index contributed by atoms with van der Waals surface area (Å²) in [6, 6.07) is 4.28. The Kier molecular flexibility index (Phi) is 4.26. The van der Waals surface area contributed by atoms with Crippen LogP contribution in [0.2, 0.25) is 0 Å². The van der Waals surface area contributed by atoms with Gasteiger partial charge in [0.15, 0.2) is 0 Å². The van der Waals surface area contributed by atoms with Gasteiger partial charge in [0.1, 0.15) is 0 Å². The number of nitrogens with one attached hydrogen (secondary N) is 1. The predicted molar refractivity (Wildman–Crippen MR) is 69.7 cm³/mol. The van der Waals surface area contributed by atoms with Crippen molar-refractivity contribution in [1.29, 1.82) is 0 Å². The van der Waals surface area contributed by atoms with E-state index in [2.05, 4.69) is 11.9 Å². The van der Waals surface area contributed by atoms with Gasteiger partial charge in [-0.15, -0.1) is 0 Å². The van der Waals surface area contributed by atoms with E-state index in [0.29, 0.717) is 12.1 Å². The standard InChI is InChI=1S/C12H16N2O3S/c1-8(2)7-14-12(15)10-4-9(3)5-11(6-10)18(13,16)17/h4-6H,1,7H2,2-3H3,(H,14,15)(H2,13,16,17). The maximum Gasteiger partial charge on any atom is 0.251 e. The summed E-state index contributed by atoms with van der Waals surface area (Å²) >= 11 is 0. The van der Waals surface area contributed by atoms with Crippen molar-refractivity contribution in [2.45, 2.75) is 18.7 Å². The van der Waals surface area contributed by atoms with E-state index < -0.39 is 10.0 Å². The lowest BCUT2D eigenvalue weighted by Gasteiger charge is -2.07. The molecule has 1 aromatic carbocycles. The summed E-state index contributed by atoms with van der Waals surface area (Å²) in [5.74, 6) is -0.355. The molecule has 1 rings (SSSR count). The van der Waals surface area contributed by atoms with Gasteiger partial charge in [-0.2, -0.15) is 0 Å². The molecular weight excluding hydrogens is 252 g/mol. The minimum absolute atomic E-state index is 0.0667. The molecule has 0 aromatic heterocycles. The molecule has 1 aromatic rings. The van der Waals surface area contributed by atoms with Crippen molar-refractivity contribution in [1.82, 2.24) is 5.32 Å². The summed E-state index contributed by atoms with van der Waals surface area (Å²) in [7, 11) is -3.81. The van der Waals surface area contributed by atoms with Crippen LogP contribution in [0.1, 0.15) is 22.8 Å². The van der Waals surface area contributed by atoms with E-state index in [1.54, 1.807) is 19.9 Å². The number of amides is 1. The second-order valence-corrected chi connectivity index (χ2v) is 5.78. The van der Waals surface area contributed by atoms with E-state index >= 15 is 0 Å². The van der Waals surface area contributed by atoms with Gasteiger partial charge >= 0.3 is 0 Å². The molecule has 6 heteroatoms. The molecule has 0 saturated carbocycles. The number of hydrogen-bond donors (Lipinski definition) is 2. The van der Waals surface area contributed by atoms with E-state index in [0.717, 1.165) is 5.57 Å². The zero-order valence-corrected chi connectivity index (χ0v) is 11.2. The van der Waals surface area contributed by atoms with Crippen molar-refractivity contribution < 1.29 is 13.2 Å². The second-order valence-electron chi connectivity index (χ2n) is 4.22. The maximum atomic E-state index is 11.8. The highest BCUT2D eigenvalue weighted by Gasteiger charge is 2.13. The minimum atomic E-state index is -3.81. The molecule has 1 amide bonds. The number of sulfonamides is 1. The van der Waals surface area contributed by atoms with E-state index in [9.17, 15) is 13.2 Å². The first-order chi connectivity index (χ1) is 8.20. The van der Waals surface area contributed by atoms with Gasteiger partial charge in [0.25, 0.3) is 5.91 Å². The molecule has 18 heavy (non-hydrogen) atoms. The predicted octanol–water partition coefficient (Wildman–Crippen LogP) is 0.948. The highest BCUT2D eigenvalue weighted by Crippen LogP contribution is 2.13. The van der Waals surface area contributed by atoms with Crippen molar-refractivity contribution >= 4 is 15.9 Å². The van der Waals surface area contributed by atoms with Crippen LogP contribution in [-0.2, 0) is 10.0 Å². The highest BCUT2D eigenvalue weighted by molar-refractivity contribution is 7.89. The SMILES string of the molecule is C=C(C)CNC(=O)c1cc(C)cc(S(N)(=O)=O)c1. The Morgan fingerprint density at radius 3 is 2.50 bits per heavy atom. The smallest absolute Gasteiger partial charge is 0.251 e. The Hall–Kier alpha value is -1.66. The fourth-order valence-electron chi connectivity index (χ4n) is 1.38.